The average Bonchev–Trinajstić information content (AvgIpc) is 2.74. The van der Waals surface area contributed by atoms with E-state index in [1.807, 2.05) is 0 Å². The number of anilines is 2. The third kappa shape index (κ3) is 5.27. The van der Waals surface area contributed by atoms with Gasteiger partial charge >= 0.3 is 0 Å². The largest absolute Gasteiger partial charge is 0.497 e. The maximum Gasteiger partial charge on any atom is 0.264 e. The van der Waals surface area contributed by atoms with Crippen LogP contribution in [0.25, 0.3) is 0 Å². The number of nitrogens with zero attached hydrogens (tertiary/aromatic N) is 1. The first-order valence-corrected chi connectivity index (χ1v) is 11.2. The molecular weight excluding hydrogens is 503 g/mol. The van der Waals surface area contributed by atoms with Crippen molar-refractivity contribution >= 4 is 49.9 Å². The SMILES string of the molecule is COc1ccc(NC(=O)CN(c2ccc(I)cc2)S(=O)(=O)c2ccccc2)cc1. The molecule has 29 heavy (non-hydrogen) atoms. The number of ether oxygens (including phenoxy) is 1. The fraction of sp³-hybridized carbons (Fsp3) is 0.0952. The summed E-state index contributed by atoms with van der Waals surface area (Å²) >= 11 is 2.14. The summed E-state index contributed by atoms with van der Waals surface area (Å²) in [5.41, 5.74) is 0.967. The fourth-order valence-electron chi connectivity index (χ4n) is 2.65. The van der Waals surface area contributed by atoms with Crippen LogP contribution in [-0.2, 0) is 14.8 Å². The lowest BCUT2D eigenvalue weighted by molar-refractivity contribution is -0.114. The van der Waals surface area contributed by atoms with E-state index in [1.165, 1.54) is 12.1 Å². The van der Waals surface area contributed by atoms with Crippen LogP contribution in [0.2, 0.25) is 0 Å². The van der Waals surface area contributed by atoms with E-state index in [2.05, 4.69) is 27.9 Å². The highest BCUT2D eigenvalue weighted by Gasteiger charge is 2.27. The number of carbonyl (C=O) groups is 1. The second-order valence-electron chi connectivity index (χ2n) is 6.08. The van der Waals surface area contributed by atoms with Crippen LogP contribution in [0.1, 0.15) is 0 Å². The molecule has 0 spiro atoms. The zero-order valence-electron chi connectivity index (χ0n) is 15.6. The molecule has 0 aliphatic carbocycles. The molecule has 6 nitrogen and oxygen atoms in total. The second-order valence-corrected chi connectivity index (χ2v) is 9.19. The number of benzene rings is 3. The van der Waals surface area contributed by atoms with E-state index in [4.69, 9.17) is 4.74 Å². The van der Waals surface area contributed by atoms with Crippen molar-refractivity contribution in [2.75, 3.05) is 23.3 Å². The maximum atomic E-state index is 13.2. The van der Waals surface area contributed by atoms with Crippen molar-refractivity contribution in [1.82, 2.24) is 0 Å². The van der Waals surface area contributed by atoms with Gasteiger partial charge in [0.25, 0.3) is 10.0 Å². The molecule has 0 saturated carbocycles. The minimum atomic E-state index is -3.91. The van der Waals surface area contributed by atoms with Gasteiger partial charge in [0.1, 0.15) is 12.3 Å². The van der Waals surface area contributed by atoms with Gasteiger partial charge in [0.05, 0.1) is 17.7 Å². The van der Waals surface area contributed by atoms with Crippen molar-refractivity contribution in [2.24, 2.45) is 0 Å². The molecule has 3 aromatic carbocycles. The molecule has 1 N–H and O–H groups in total. The Morgan fingerprint density at radius 3 is 2.17 bits per heavy atom. The molecule has 0 bridgehead atoms. The van der Waals surface area contributed by atoms with E-state index in [1.54, 1.807) is 73.8 Å². The molecule has 3 rings (SSSR count). The van der Waals surface area contributed by atoms with E-state index in [9.17, 15) is 13.2 Å². The molecule has 0 aromatic heterocycles. The number of amides is 1. The first-order valence-electron chi connectivity index (χ1n) is 8.67. The van der Waals surface area contributed by atoms with Crippen molar-refractivity contribution in [3.05, 3.63) is 82.4 Å². The van der Waals surface area contributed by atoms with Gasteiger partial charge < -0.3 is 10.1 Å². The number of rotatable bonds is 7. The lowest BCUT2D eigenvalue weighted by atomic mass is 10.3. The second kappa shape index (κ2) is 9.27. The van der Waals surface area contributed by atoms with Crippen LogP contribution in [0.5, 0.6) is 5.75 Å². The standard InChI is InChI=1S/C21H19IN2O4S/c1-28-19-13-9-17(10-14-19)23-21(25)15-24(18-11-7-16(22)8-12-18)29(26,27)20-5-3-2-4-6-20/h2-14H,15H2,1H3,(H,23,25). The van der Waals surface area contributed by atoms with Crippen LogP contribution in [0.15, 0.2) is 83.8 Å². The van der Waals surface area contributed by atoms with Crippen molar-refractivity contribution in [3.8, 4) is 5.75 Å². The average molecular weight is 522 g/mol. The van der Waals surface area contributed by atoms with Crippen LogP contribution in [-0.4, -0.2) is 28.0 Å². The summed E-state index contributed by atoms with van der Waals surface area (Å²) < 4.78 is 33.6. The lowest BCUT2D eigenvalue weighted by Gasteiger charge is -2.24. The molecule has 8 heteroatoms. The number of carbonyl (C=O) groups excluding carboxylic acids is 1. The summed E-state index contributed by atoms with van der Waals surface area (Å²) in [6, 6.07) is 21.8. The van der Waals surface area contributed by atoms with Gasteiger partial charge in [-0.2, -0.15) is 0 Å². The summed E-state index contributed by atoms with van der Waals surface area (Å²) in [7, 11) is -2.36. The third-order valence-corrected chi connectivity index (χ3v) is 6.61. The Bertz CT molecular complexity index is 1070. The molecule has 0 saturated heterocycles. The summed E-state index contributed by atoms with van der Waals surface area (Å²) in [6.45, 7) is -0.357. The van der Waals surface area contributed by atoms with Crippen molar-refractivity contribution in [3.63, 3.8) is 0 Å². The molecule has 0 heterocycles. The molecule has 0 unspecified atom stereocenters. The predicted molar refractivity (Wildman–Crippen MR) is 122 cm³/mol. The van der Waals surface area contributed by atoms with E-state index in [0.717, 1.165) is 7.88 Å². The number of hydrogen-bond acceptors (Lipinski definition) is 4. The number of halogens is 1. The highest BCUT2D eigenvalue weighted by molar-refractivity contribution is 14.1. The Morgan fingerprint density at radius 1 is 0.966 bits per heavy atom. The molecule has 150 valence electrons. The Hall–Kier alpha value is -2.59. The van der Waals surface area contributed by atoms with Gasteiger partial charge in [-0.05, 0) is 83.3 Å². The lowest BCUT2D eigenvalue weighted by Crippen LogP contribution is -2.38. The molecule has 1 amide bonds. The Kier molecular flexibility index (Phi) is 6.75. The molecule has 3 aromatic rings. The van der Waals surface area contributed by atoms with Gasteiger partial charge in [0.15, 0.2) is 0 Å². The minimum Gasteiger partial charge on any atom is -0.497 e. The predicted octanol–water partition coefficient (Wildman–Crippen LogP) is 4.13. The first kappa shape index (κ1) is 21.1. The topological polar surface area (TPSA) is 75.7 Å². The highest BCUT2D eigenvalue weighted by Crippen LogP contribution is 2.24. The normalized spacial score (nSPS) is 11.0. The van der Waals surface area contributed by atoms with Crippen LogP contribution in [0, 0.1) is 3.57 Å². The van der Waals surface area contributed by atoms with Gasteiger partial charge in [-0.1, -0.05) is 18.2 Å². The van der Waals surface area contributed by atoms with E-state index in [0.29, 0.717) is 17.1 Å². The van der Waals surface area contributed by atoms with Crippen LogP contribution < -0.4 is 14.4 Å². The molecule has 0 atom stereocenters. The van der Waals surface area contributed by atoms with Crippen molar-refractivity contribution in [2.45, 2.75) is 4.90 Å². The van der Waals surface area contributed by atoms with Gasteiger partial charge in [-0.3, -0.25) is 9.10 Å². The highest BCUT2D eigenvalue weighted by atomic mass is 127. The monoisotopic (exact) mass is 522 g/mol. The molecular formula is C21H19IN2O4S. The molecule has 0 aliphatic heterocycles. The van der Waals surface area contributed by atoms with E-state index >= 15 is 0 Å². The maximum absolute atomic E-state index is 13.2. The first-order chi connectivity index (χ1) is 13.9. The van der Waals surface area contributed by atoms with E-state index < -0.39 is 15.9 Å². The van der Waals surface area contributed by atoms with E-state index in [-0.39, 0.29) is 11.4 Å². The molecule has 0 aliphatic rings. The molecule has 0 radical (unpaired) electrons. The van der Waals surface area contributed by atoms with Crippen molar-refractivity contribution < 1.29 is 17.9 Å². The van der Waals surface area contributed by atoms with Gasteiger partial charge in [0, 0.05) is 9.26 Å². The summed E-state index contributed by atoms with van der Waals surface area (Å²) in [6.07, 6.45) is 0. The van der Waals surface area contributed by atoms with Crippen LogP contribution in [0.3, 0.4) is 0 Å². The smallest absolute Gasteiger partial charge is 0.264 e. The van der Waals surface area contributed by atoms with Crippen LogP contribution in [0.4, 0.5) is 11.4 Å². The Labute approximate surface area is 183 Å². The Morgan fingerprint density at radius 2 is 1.59 bits per heavy atom. The van der Waals surface area contributed by atoms with Crippen LogP contribution >= 0.6 is 22.6 Å². The van der Waals surface area contributed by atoms with Gasteiger partial charge in [-0.25, -0.2) is 8.42 Å². The zero-order chi connectivity index (χ0) is 20.9. The number of methoxy groups -OCH3 is 1. The molecule has 0 fully saturated rings. The number of sulfonamides is 1. The minimum absolute atomic E-state index is 0.121. The quantitative estimate of drug-likeness (QED) is 0.474. The Balaban J connectivity index is 1.88. The summed E-state index contributed by atoms with van der Waals surface area (Å²) in [5.74, 6) is 0.211. The number of hydrogen-bond donors (Lipinski definition) is 1. The van der Waals surface area contributed by atoms with Gasteiger partial charge in [-0.15, -0.1) is 0 Å². The summed E-state index contributed by atoms with van der Waals surface area (Å²) in [5, 5.41) is 2.73. The number of nitrogens with one attached hydrogen (secondary N) is 1. The van der Waals surface area contributed by atoms with Crippen molar-refractivity contribution in [1.29, 1.82) is 0 Å². The fourth-order valence-corrected chi connectivity index (χ4v) is 4.45. The zero-order valence-corrected chi connectivity index (χ0v) is 18.6. The summed E-state index contributed by atoms with van der Waals surface area (Å²) in [4.78, 5) is 12.8. The van der Waals surface area contributed by atoms with Gasteiger partial charge in [0.2, 0.25) is 5.91 Å². The third-order valence-electron chi connectivity index (χ3n) is 4.11.